The van der Waals surface area contributed by atoms with Gasteiger partial charge in [-0.25, -0.2) is 0 Å². The average molecular weight is 398 g/mol. The number of carbonyl (C=O) groups is 1. The molecule has 0 bridgehead atoms. The lowest BCUT2D eigenvalue weighted by atomic mass is 10.0. The van der Waals surface area contributed by atoms with Crippen molar-refractivity contribution >= 4 is 17.2 Å². The van der Waals surface area contributed by atoms with Gasteiger partial charge in [-0.1, -0.05) is 26.7 Å². The topological polar surface area (TPSA) is 81.6 Å². The van der Waals surface area contributed by atoms with Crippen LogP contribution in [0.5, 0.6) is 5.75 Å². The van der Waals surface area contributed by atoms with Crippen molar-refractivity contribution in [1.82, 2.24) is 4.90 Å². The minimum absolute atomic E-state index is 0.0818. The molecule has 1 atom stereocenters. The quantitative estimate of drug-likeness (QED) is 0.399. The van der Waals surface area contributed by atoms with E-state index in [2.05, 4.69) is 25.7 Å². The van der Waals surface area contributed by atoms with E-state index in [0.717, 1.165) is 25.4 Å². The first-order chi connectivity index (χ1) is 13.9. The summed E-state index contributed by atoms with van der Waals surface area (Å²) in [6.07, 6.45) is 4.91. The average Bonchev–Trinajstić information content (AvgIpc) is 2.72. The zero-order chi connectivity index (χ0) is 21.2. The largest absolute Gasteiger partial charge is 0.489 e. The summed E-state index contributed by atoms with van der Waals surface area (Å²) < 4.78 is 6.09. The van der Waals surface area contributed by atoms with E-state index >= 15 is 0 Å². The van der Waals surface area contributed by atoms with E-state index in [1.807, 2.05) is 12.1 Å². The maximum Gasteiger partial charge on any atom is 0.193 e. The van der Waals surface area contributed by atoms with Gasteiger partial charge in [0.15, 0.2) is 5.78 Å². The molecule has 2 rings (SSSR count). The molecule has 0 spiro atoms. The van der Waals surface area contributed by atoms with E-state index in [-0.39, 0.29) is 11.9 Å². The van der Waals surface area contributed by atoms with Crippen molar-refractivity contribution in [2.75, 3.05) is 31.1 Å². The molecule has 1 unspecified atom stereocenters. The van der Waals surface area contributed by atoms with E-state index in [9.17, 15) is 4.79 Å². The number of unbranched alkanes of at least 4 members (excludes halogenated alkanes) is 2. The lowest BCUT2D eigenvalue weighted by molar-refractivity contribution is 0.103. The molecule has 158 valence electrons. The number of benzene rings is 2. The first-order valence-corrected chi connectivity index (χ1v) is 10.6. The molecule has 0 saturated carbocycles. The molecular formula is C24H35N3O2. The third-order valence-electron chi connectivity index (χ3n) is 4.97. The fraction of sp³-hybridized carbons (Fsp3) is 0.458. The lowest BCUT2D eigenvalue weighted by Gasteiger charge is -2.26. The molecule has 0 radical (unpaired) electrons. The van der Waals surface area contributed by atoms with Crippen LogP contribution in [-0.4, -0.2) is 36.4 Å². The van der Waals surface area contributed by atoms with E-state index in [0.29, 0.717) is 22.5 Å². The van der Waals surface area contributed by atoms with Gasteiger partial charge < -0.3 is 16.2 Å². The van der Waals surface area contributed by atoms with Crippen LogP contribution in [0.15, 0.2) is 42.5 Å². The summed E-state index contributed by atoms with van der Waals surface area (Å²) in [6, 6.07) is 12.3. The van der Waals surface area contributed by atoms with Crippen LogP contribution >= 0.6 is 0 Å². The molecule has 2 aromatic rings. The van der Waals surface area contributed by atoms with E-state index < -0.39 is 0 Å². The van der Waals surface area contributed by atoms with E-state index in [1.54, 1.807) is 30.3 Å². The molecular weight excluding hydrogens is 362 g/mol. The number of anilines is 2. The summed E-state index contributed by atoms with van der Waals surface area (Å²) in [4.78, 5) is 15.1. The highest BCUT2D eigenvalue weighted by molar-refractivity contribution is 6.09. The van der Waals surface area contributed by atoms with Gasteiger partial charge in [0, 0.05) is 17.7 Å². The van der Waals surface area contributed by atoms with Gasteiger partial charge >= 0.3 is 0 Å². The van der Waals surface area contributed by atoms with Gasteiger partial charge in [-0.2, -0.15) is 0 Å². The monoisotopic (exact) mass is 397 g/mol. The predicted molar refractivity (Wildman–Crippen MR) is 121 cm³/mol. The SMILES string of the molecule is CCCCN(CCCC)CC(C)Oc1ccc(C(=O)c2ccc(N)c(N)c2)cc1. The predicted octanol–water partition coefficient (Wildman–Crippen LogP) is 4.75. The molecule has 0 heterocycles. The molecule has 4 N–H and O–H groups in total. The van der Waals surface area contributed by atoms with E-state index in [1.165, 1.54) is 25.7 Å². The maximum atomic E-state index is 12.6. The van der Waals surface area contributed by atoms with Gasteiger partial charge in [0.2, 0.25) is 0 Å². The first kappa shape index (κ1) is 22.8. The Balaban J connectivity index is 1.96. The summed E-state index contributed by atoms with van der Waals surface area (Å²) in [5.41, 5.74) is 13.6. The minimum atomic E-state index is -0.0818. The van der Waals surface area contributed by atoms with Crippen LogP contribution in [-0.2, 0) is 0 Å². The zero-order valence-corrected chi connectivity index (χ0v) is 18.0. The Morgan fingerprint density at radius 1 is 0.931 bits per heavy atom. The summed E-state index contributed by atoms with van der Waals surface area (Å²) in [7, 11) is 0. The van der Waals surface area contributed by atoms with Crippen LogP contribution < -0.4 is 16.2 Å². The lowest BCUT2D eigenvalue weighted by Crippen LogP contribution is -2.35. The van der Waals surface area contributed by atoms with Gasteiger partial charge in [0.25, 0.3) is 0 Å². The van der Waals surface area contributed by atoms with Crippen molar-refractivity contribution in [3.05, 3.63) is 53.6 Å². The van der Waals surface area contributed by atoms with Gasteiger partial charge in [-0.15, -0.1) is 0 Å². The number of hydrogen-bond acceptors (Lipinski definition) is 5. The number of ether oxygens (including phenoxy) is 1. The number of carbonyl (C=O) groups excluding carboxylic acids is 1. The van der Waals surface area contributed by atoms with Gasteiger partial charge in [-0.05, 0) is 75.3 Å². The number of nitrogen functional groups attached to an aromatic ring is 2. The second kappa shape index (κ2) is 11.5. The Kier molecular flexibility index (Phi) is 9.00. The van der Waals surface area contributed by atoms with Crippen LogP contribution in [0.1, 0.15) is 62.4 Å². The van der Waals surface area contributed by atoms with Crippen LogP contribution in [0.4, 0.5) is 11.4 Å². The van der Waals surface area contributed by atoms with Crippen molar-refractivity contribution in [3.8, 4) is 5.75 Å². The maximum absolute atomic E-state index is 12.6. The smallest absolute Gasteiger partial charge is 0.193 e. The second-order valence-corrected chi connectivity index (χ2v) is 7.63. The molecule has 0 aliphatic carbocycles. The Labute approximate surface area is 175 Å². The minimum Gasteiger partial charge on any atom is -0.489 e. The molecule has 5 nitrogen and oxygen atoms in total. The number of nitrogens with two attached hydrogens (primary N) is 2. The fourth-order valence-electron chi connectivity index (χ4n) is 3.26. The summed E-state index contributed by atoms with van der Waals surface area (Å²) in [5.74, 6) is 0.693. The van der Waals surface area contributed by atoms with Crippen molar-refractivity contribution in [1.29, 1.82) is 0 Å². The van der Waals surface area contributed by atoms with Gasteiger partial charge in [-0.3, -0.25) is 9.69 Å². The third-order valence-corrected chi connectivity index (χ3v) is 4.97. The van der Waals surface area contributed by atoms with Gasteiger partial charge in [0.1, 0.15) is 11.9 Å². The van der Waals surface area contributed by atoms with Crippen LogP contribution in [0.3, 0.4) is 0 Å². The number of ketones is 1. The molecule has 0 aliphatic rings. The summed E-state index contributed by atoms with van der Waals surface area (Å²) in [5, 5.41) is 0. The third kappa shape index (κ3) is 7.09. The zero-order valence-electron chi connectivity index (χ0n) is 18.0. The highest BCUT2D eigenvalue weighted by Crippen LogP contribution is 2.21. The molecule has 0 amide bonds. The molecule has 0 saturated heterocycles. The first-order valence-electron chi connectivity index (χ1n) is 10.6. The summed E-state index contributed by atoms with van der Waals surface area (Å²) >= 11 is 0. The Hall–Kier alpha value is -2.53. The van der Waals surface area contributed by atoms with Gasteiger partial charge in [0.05, 0.1) is 11.4 Å². The van der Waals surface area contributed by atoms with Crippen LogP contribution in [0, 0.1) is 0 Å². The number of hydrogen-bond donors (Lipinski definition) is 2. The second-order valence-electron chi connectivity index (χ2n) is 7.63. The normalized spacial score (nSPS) is 12.1. The Morgan fingerprint density at radius 3 is 2.07 bits per heavy atom. The Bertz CT molecular complexity index is 766. The van der Waals surface area contributed by atoms with Crippen molar-refractivity contribution < 1.29 is 9.53 Å². The molecule has 0 fully saturated rings. The Morgan fingerprint density at radius 2 is 1.52 bits per heavy atom. The standard InChI is InChI=1S/C24H35N3O2/c1-4-6-14-27(15-7-5-2)17-18(3)29-21-11-8-19(9-12-21)24(28)20-10-13-22(25)23(26)16-20/h8-13,16,18H,4-7,14-15,17,25-26H2,1-3H3. The summed E-state index contributed by atoms with van der Waals surface area (Å²) in [6.45, 7) is 9.68. The number of rotatable bonds is 12. The molecule has 0 aliphatic heterocycles. The fourth-order valence-corrected chi connectivity index (χ4v) is 3.26. The highest BCUT2D eigenvalue weighted by Gasteiger charge is 2.13. The molecule has 2 aromatic carbocycles. The van der Waals surface area contributed by atoms with Crippen LogP contribution in [0.2, 0.25) is 0 Å². The van der Waals surface area contributed by atoms with Crippen LogP contribution in [0.25, 0.3) is 0 Å². The molecule has 29 heavy (non-hydrogen) atoms. The highest BCUT2D eigenvalue weighted by atomic mass is 16.5. The van der Waals surface area contributed by atoms with Crippen molar-refractivity contribution in [2.45, 2.75) is 52.6 Å². The van der Waals surface area contributed by atoms with Crippen molar-refractivity contribution in [2.24, 2.45) is 0 Å². The molecule has 5 heteroatoms. The van der Waals surface area contributed by atoms with Crippen molar-refractivity contribution in [3.63, 3.8) is 0 Å². The molecule has 0 aromatic heterocycles. The number of nitrogens with zero attached hydrogens (tertiary/aromatic N) is 1. The van der Waals surface area contributed by atoms with E-state index in [4.69, 9.17) is 16.2 Å².